The number of rotatable bonds is 4. The molecule has 3 heterocycles. The Balaban J connectivity index is 1.34. The maximum Gasteiger partial charge on any atom is 0.271 e. The van der Waals surface area contributed by atoms with Crippen molar-refractivity contribution in [1.29, 1.82) is 0 Å². The fourth-order valence-electron chi connectivity index (χ4n) is 3.37. The van der Waals surface area contributed by atoms with Gasteiger partial charge in [-0.1, -0.05) is 5.16 Å². The first-order valence-electron chi connectivity index (χ1n) is 9.34. The highest BCUT2D eigenvalue weighted by Crippen LogP contribution is 2.23. The Morgan fingerprint density at radius 3 is 2.59 bits per heavy atom. The zero-order chi connectivity index (χ0) is 20.4. The number of amides is 2. The fourth-order valence-corrected chi connectivity index (χ4v) is 3.37. The van der Waals surface area contributed by atoms with Gasteiger partial charge in [0.05, 0.1) is 5.69 Å². The second-order valence-corrected chi connectivity index (χ2v) is 7.05. The van der Waals surface area contributed by atoms with Crippen molar-refractivity contribution in [2.75, 3.05) is 18.4 Å². The number of aryl methyl sites for hydroxylation is 1. The quantitative estimate of drug-likeness (QED) is 0.704. The number of likely N-dealkylation sites (tertiary alicyclic amines) is 1. The van der Waals surface area contributed by atoms with Crippen molar-refractivity contribution in [1.82, 2.24) is 20.3 Å². The van der Waals surface area contributed by atoms with Crippen LogP contribution in [0.3, 0.4) is 0 Å². The van der Waals surface area contributed by atoms with E-state index in [1.165, 1.54) is 12.1 Å². The average molecular weight is 397 g/mol. The largest absolute Gasteiger partial charge is 0.360 e. The Morgan fingerprint density at radius 1 is 1.21 bits per heavy atom. The molecule has 1 saturated heterocycles. The van der Waals surface area contributed by atoms with Crippen molar-refractivity contribution >= 4 is 17.6 Å². The van der Waals surface area contributed by atoms with E-state index in [1.54, 1.807) is 36.1 Å². The third kappa shape index (κ3) is 4.18. The van der Waals surface area contributed by atoms with Crippen LogP contribution in [0.15, 0.2) is 40.9 Å². The number of piperidine rings is 1. The summed E-state index contributed by atoms with van der Waals surface area (Å²) in [5.74, 6) is 0.221. The average Bonchev–Trinajstić information content (AvgIpc) is 3.37. The number of aromatic nitrogens is 3. The highest BCUT2D eigenvalue weighted by Gasteiger charge is 2.29. The van der Waals surface area contributed by atoms with E-state index in [2.05, 4.69) is 20.7 Å². The van der Waals surface area contributed by atoms with E-state index in [4.69, 9.17) is 4.52 Å². The van der Waals surface area contributed by atoms with Gasteiger partial charge in [-0.2, -0.15) is 5.10 Å². The summed E-state index contributed by atoms with van der Waals surface area (Å²) in [6, 6.07) is 9.23. The summed E-state index contributed by atoms with van der Waals surface area (Å²) >= 11 is 0. The van der Waals surface area contributed by atoms with Crippen molar-refractivity contribution in [3.05, 3.63) is 53.7 Å². The van der Waals surface area contributed by atoms with Gasteiger partial charge in [-0.05, 0) is 50.1 Å². The van der Waals surface area contributed by atoms with Crippen LogP contribution in [0.2, 0.25) is 0 Å². The van der Waals surface area contributed by atoms with E-state index in [0.29, 0.717) is 48.9 Å². The molecule has 0 bridgehead atoms. The minimum Gasteiger partial charge on any atom is -0.360 e. The fraction of sp³-hybridized carbons (Fsp3) is 0.300. The molecule has 0 radical (unpaired) electrons. The number of hydrogen-bond donors (Lipinski definition) is 2. The predicted molar refractivity (Wildman–Crippen MR) is 102 cm³/mol. The summed E-state index contributed by atoms with van der Waals surface area (Å²) in [5, 5.41) is 13.4. The van der Waals surface area contributed by atoms with Crippen LogP contribution in [0.5, 0.6) is 0 Å². The Labute approximate surface area is 166 Å². The number of H-pyrrole nitrogens is 1. The molecule has 0 aliphatic carbocycles. The molecule has 3 aromatic rings. The Bertz CT molecular complexity index is 1020. The molecule has 0 unspecified atom stereocenters. The number of nitrogens with zero attached hydrogens (tertiary/aromatic N) is 3. The molecule has 29 heavy (non-hydrogen) atoms. The third-order valence-corrected chi connectivity index (χ3v) is 4.98. The van der Waals surface area contributed by atoms with Crippen LogP contribution >= 0.6 is 0 Å². The van der Waals surface area contributed by atoms with Gasteiger partial charge in [0, 0.05) is 30.6 Å². The van der Waals surface area contributed by atoms with E-state index in [1.807, 2.05) is 0 Å². The minimum atomic E-state index is -0.328. The Kier molecular flexibility index (Phi) is 5.11. The molecular formula is C20H20FN5O3. The second-order valence-electron chi connectivity index (χ2n) is 7.05. The molecule has 2 N–H and O–H groups in total. The Morgan fingerprint density at radius 2 is 1.93 bits per heavy atom. The van der Waals surface area contributed by atoms with Crippen molar-refractivity contribution in [3.63, 3.8) is 0 Å². The molecule has 0 spiro atoms. The van der Waals surface area contributed by atoms with Crippen LogP contribution < -0.4 is 5.32 Å². The van der Waals surface area contributed by atoms with Gasteiger partial charge in [-0.15, -0.1) is 0 Å². The molecule has 9 heteroatoms. The van der Waals surface area contributed by atoms with Gasteiger partial charge < -0.3 is 14.7 Å². The van der Waals surface area contributed by atoms with Crippen LogP contribution in [-0.2, 0) is 4.79 Å². The molecule has 2 amide bonds. The second kappa shape index (κ2) is 7.86. The van der Waals surface area contributed by atoms with E-state index < -0.39 is 0 Å². The monoisotopic (exact) mass is 397 g/mol. The van der Waals surface area contributed by atoms with Gasteiger partial charge in [-0.25, -0.2) is 4.39 Å². The molecule has 1 aliphatic heterocycles. The summed E-state index contributed by atoms with van der Waals surface area (Å²) in [5.41, 5.74) is 1.66. The number of hydrogen-bond acceptors (Lipinski definition) is 5. The maximum absolute atomic E-state index is 13.1. The summed E-state index contributed by atoms with van der Waals surface area (Å²) in [6.45, 7) is 2.70. The van der Waals surface area contributed by atoms with Gasteiger partial charge in [0.15, 0.2) is 5.82 Å². The lowest BCUT2D eigenvalue weighted by atomic mass is 9.95. The van der Waals surface area contributed by atoms with E-state index in [9.17, 15) is 14.0 Å². The van der Waals surface area contributed by atoms with Gasteiger partial charge in [0.25, 0.3) is 5.91 Å². The lowest BCUT2D eigenvalue weighted by molar-refractivity contribution is -0.121. The molecule has 1 aliphatic rings. The maximum atomic E-state index is 13.1. The van der Waals surface area contributed by atoms with E-state index >= 15 is 0 Å². The molecule has 0 saturated carbocycles. The number of benzene rings is 1. The first-order valence-corrected chi connectivity index (χ1v) is 9.34. The lowest BCUT2D eigenvalue weighted by Gasteiger charge is -2.30. The topological polar surface area (TPSA) is 104 Å². The predicted octanol–water partition coefficient (Wildman–Crippen LogP) is 3.00. The number of aromatic amines is 1. The van der Waals surface area contributed by atoms with E-state index in [-0.39, 0.29) is 23.5 Å². The molecule has 8 nitrogen and oxygen atoms in total. The van der Waals surface area contributed by atoms with Crippen molar-refractivity contribution in [2.45, 2.75) is 19.8 Å². The van der Waals surface area contributed by atoms with Crippen LogP contribution in [-0.4, -0.2) is 45.2 Å². The SMILES string of the molecule is Cc1cc(NC(=O)C2CCN(C(=O)c3cc(-c4ccc(F)cc4)n[nH]3)CC2)no1. The summed E-state index contributed by atoms with van der Waals surface area (Å²) in [7, 11) is 0. The van der Waals surface area contributed by atoms with Crippen molar-refractivity contribution in [2.24, 2.45) is 5.92 Å². The molecule has 4 rings (SSSR count). The smallest absolute Gasteiger partial charge is 0.271 e. The van der Waals surface area contributed by atoms with Gasteiger partial charge in [-0.3, -0.25) is 14.7 Å². The van der Waals surface area contributed by atoms with Gasteiger partial charge in [0.1, 0.15) is 17.3 Å². The Hall–Kier alpha value is -3.49. The van der Waals surface area contributed by atoms with Crippen LogP contribution in [0.4, 0.5) is 10.2 Å². The minimum absolute atomic E-state index is 0.120. The molecule has 1 fully saturated rings. The zero-order valence-corrected chi connectivity index (χ0v) is 15.8. The normalized spacial score (nSPS) is 14.8. The highest BCUT2D eigenvalue weighted by molar-refractivity contribution is 5.94. The summed E-state index contributed by atoms with van der Waals surface area (Å²) < 4.78 is 18.0. The number of carbonyl (C=O) groups is 2. The number of nitrogens with one attached hydrogen (secondary N) is 2. The lowest BCUT2D eigenvalue weighted by Crippen LogP contribution is -2.41. The number of anilines is 1. The zero-order valence-electron chi connectivity index (χ0n) is 15.8. The molecule has 150 valence electrons. The van der Waals surface area contributed by atoms with Gasteiger partial charge in [0.2, 0.25) is 5.91 Å². The molecule has 2 aromatic heterocycles. The molecule has 1 aromatic carbocycles. The standard InChI is InChI=1S/C20H20FN5O3/c1-12-10-18(25-29-12)22-19(27)14-6-8-26(9-7-14)20(28)17-11-16(23-24-17)13-2-4-15(21)5-3-13/h2-5,10-11,14H,6-9H2,1H3,(H,23,24)(H,22,25,27). The first-order chi connectivity index (χ1) is 14.0. The molecular weight excluding hydrogens is 377 g/mol. The first kappa shape index (κ1) is 18.9. The van der Waals surface area contributed by atoms with Crippen molar-refractivity contribution < 1.29 is 18.5 Å². The third-order valence-electron chi connectivity index (χ3n) is 4.98. The van der Waals surface area contributed by atoms with Crippen LogP contribution in [0.1, 0.15) is 29.1 Å². The van der Waals surface area contributed by atoms with Crippen LogP contribution in [0, 0.1) is 18.7 Å². The van der Waals surface area contributed by atoms with Crippen LogP contribution in [0.25, 0.3) is 11.3 Å². The molecule has 0 atom stereocenters. The highest BCUT2D eigenvalue weighted by atomic mass is 19.1. The van der Waals surface area contributed by atoms with Crippen molar-refractivity contribution in [3.8, 4) is 11.3 Å². The van der Waals surface area contributed by atoms with Gasteiger partial charge >= 0.3 is 0 Å². The number of halogens is 1. The number of carbonyl (C=O) groups excluding carboxylic acids is 2. The summed E-state index contributed by atoms with van der Waals surface area (Å²) in [4.78, 5) is 26.8. The van der Waals surface area contributed by atoms with E-state index in [0.717, 1.165) is 5.56 Å². The summed E-state index contributed by atoms with van der Waals surface area (Å²) in [6.07, 6.45) is 1.13.